The fourth-order valence-electron chi connectivity index (χ4n) is 2.26. The quantitative estimate of drug-likeness (QED) is 0.578. The fraction of sp³-hybridized carbons (Fsp3) is 0.0625. The molecule has 0 amide bonds. The van der Waals surface area contributed by atoms with Crippen LogP contribution < -0.4 is 0 Å². The maximum atomic E-state index is 11.1. The molecule has 1 aromatic heterocycles. The summed E-state index contributed by atoms with van der Waals surface area (Å²) in [4.78, 5) is 0.358. The van der Waals surface area contributed by atoms with Crippen LogP contribution in [0.4, 0.5) is 0 Å². The van der Waals surface area contributed by atoms with Gasteiger partial charge in [-0.15, -0.1) is 0 Å². The van der Waals surface area contributed by atoms with Gasteiger partial charge in [-0.05, 0) is 36.8 Å². The van der Waals surface area contributed by atoms with Crippen molar-refractivity contribution in [1.82, 2.24) is 9.78 Å². The van der Waals surface area contributed by atoms with Gasteiger partial charge in [0.2, 0.25) is 0 Å². The molecule has 1 heterocycles. The summed E-state index contributed by atoms with van der Waals surface area (Å²) in [6.07, 6.45) is 0. The van der Waals surface area contributed by atoms with E-state index in [1.165, 1.54) is 0 Å². The molecule has 0 bridgehead atoms. The average Bonchev–Trinajstić information content (AvgIpc) is 2.89. The number of benzene rings is 2. The Labute approximate surface area is 164 Å². The van der Waals surface area contributed by atoms with E-state index in [2.05, 4.69) is 5.10 Å². The summed E-state index contributed by atoms with van der Waals surface area (Å²) in [6.45, 7) is 2.01. The third kappa shape index (κ3) is 4.12. The van der Waals surface area contributed by atoms with Crippen LogP contribution in [0.1, 0.15) is 5.56 Å². The Bertz CT molecular complexity index is 850. The zero-order chi connectivity index (χ0) is 15.7. The van der Waals surface area contributed by atoms with E-state index in [4.69, 9.17) is 16.2 Å². The molecule has 1 N–H and O–H groups in total. The van der Waals surface area contributed by atoms with E-state index in [0.717, 1.165) is 22.5 Å². The molecule has 2 aromatic carbocycles. The van der Waals surface area contributed by atoms with Gasteiger partial charge in [-0.1, -0.05) is 35.9 Å². The van der Waals surface area contributed by atoms with Crippen LogP contribution in [0, 0.1) is 6.92 Å². The monoisotopic (exact) mass is 356 g/mol. The van der Waals surface area contributed by atoms with Crippen LogP contribution in [0.3, 0.4) is 0 Å². The van der Waals surface area contributed by atoms with Gasteiger partial charge in [-0.25, -0.2) is 8.89 Å². The van der Waals surface area contributed by atoms with Crippen LogP contribution in [-0.4, -0.2) is 48.1 Å². The molecule has 3 rings (SSSR count). The van der Waals surface area contributed by atoms with E-state index < -0.39 is 11.1 Å². The summed E-state index contributed by atoms with van der Waals surface area (Å²) in [5, 5.41) is 4.72. The number of halogens is 1. The van der Waals surface area contributed by atoms with E-state index in [1.54, 1.807) is 35.0 Å². The van der Waals surface area contributed by atoms with Crippen molar-refractivity contribution in [3.8, 4) is 16.9 Å². The van der Waals surface area contributed by atoms with Crippen molar-refractivity contribution in [3.05, 3.63) is 65.3 Å². The summed E-state index contributed by atoms with van der Waals surface area (Å²) in [6, 6.07) is 16.5. The first-order valence-corrected chi connectivity index (χ1v) is 8.07. The molecular formula is C16H14ClN2NaO2S. The van der Waals surface area contributed by atoms with Gasteiger partial charge >= 0.3 is 29.6 Å². The maximum absolute atomic E-state index is 11.1. The Kier molecular flexibility index (Phi) is 6.19. The van der Waals surface area contributed by atoms with Crippen LogP contribution in [0.15, 0.2) is 59.5 Å². The number of rotatable bonds is 3. The van der Waals surface area contributed by atoms with Crippen molar-refractivity contribution in [2.24, 2.45) is 0 Å². The van der Waals surface area contributed by atoms with Crippen molar-refractivity contribution in [2.45, 2.75) is 11.8 Å². The molecule has 0 aliphatic rings. The first-order chi connectivity index (χ1) is 10.5. The van der Waals surface area contributed by atoms with Crippen LogP contribution in [-0.2, 0) is 11.1 Å². The fourth-order valence-corrected chi connectivity index (χ4v) is 2.80. The Morgan fingerprint density at radius 1 is 1.13 bits per heavy atom. The van der Waals surface area contributed by atoms with Gasteiger partial charge < -0.3 is 4.55 Å². The van der Waals surface area contributed by atoms with Gasteiger partial charge in [0.05, 0.1) is 16.3 Å². The molecule has 7 heteroatoms. The number of nitrogens with zero attached hydrogens (tertiary/aromatic N) is 2. The van der Waals surface area contributed by atoms with E-state index in [9.17, 15) is 4.21 Å². The molecule has 1 atom stereocenters. The van der Waals surface area contributed by atoms with Gasteiger partial charge in [-0.3, -0.25) is 0 Å². The van der Waals surface area contributed by atoms with E-state index >= 15 is 0 Å². The van der Waals surface area contributed by atoms with Gasteiger partial charge in [0.15, 0.2) is 16.2 Å². The summed E-state index contributed by atoms with van der Waals surface area (Å²) in [5.41, 5.74) is 3.73. The Morgan fingerprint density at radius 3 is 2.43 bits per heavy atom. The predicted molar refractivity (Wildman–Crippen MR) is 94.9 cm³/mol. The van der Waals surface area contributed by atoms with Gasteiger partial charge in [-0.2, -0.15) is 5.10 Å². The second-order valence-electron chi connectivity index (χ2n) is 4.88. The zero-order valence-corrected chi connectivity index (χ0v) is 13.3. The van der Waals surface area contributed by atoms with Crippen LogP contribution in [0.2, 0.25) is 5.15 Å². The topological polar surface area (TPSA) is 55.1 Å². The van der Waals surface area contributed by atoms with Gasteiger partial charge in [0, 0.05) is 11.6 Å². The van der Waals surface area contributed by atoms with Crippen molar-refractivity contribution < 1.29 is 8.76 Å². The minimum absolute atomic E-state index is 0. The van der Waals surface area contributed by atoms with Crippen LogP contribution in [0.25, 0.3) is 16.9 Å². The Hall–Kier alpha value is -0.950. The third-order valence-electron chi connectivity index (χ3n) is 3.28. The molecule has 114 valence electrons. The number of hydrogen-bond acceptors (Lipinski definition) is 2. The van der Waals surface area contributed by atoms with E-state index in [0.29, 0.717) is 10.0 Å². The van der Waals surface area contributed by atoms with Gasteiger partial charge in [0.25, 0.3) is 0 Å². The van der Waals surface area contributed by atoms with Crippen molar-refractivity contribution in [2.75, 3.05) is 0 Å². The molecule has 4 nitrogen and oxygen atoms in total. The summed E-state index contributed by atoms with van der Waals surface area (Å²) in [7, 11) is 0. The zero-order valence-electron chi connectivity index (χ0n) is 11.7. The molecule has 1 unspecified atom stereocenters. The molecule has 0 radical (unpaired) electrons. The standard InChI is InChI=1S/C16H13ClN2O2S.Na.H/c1-11-3-2-4-13(9-11)19-15(10-16(17)18-19)12-5-7-14(8-6-12)22(20)21;;/h2-10H,1H3,(H,20,21);;. The second-order valence-corrected chi connectivity index (χ2v) is 6.23. The number of aryl methyl sites for hydroxylation is 1. The predicted octanol–water partition coefficient (Wildman–Crippen LogP) is 3.43. The first-order valence-electron chi connectivity index (χ1n) is 6.58. The Morgan fingerprint density at radius 2 is 1.83 bits per heavy atom. The van der Waals surface area contributed by atoms with Crippen molar-refractivity contribution >= 4 is 52.2 Å². The van der Waals surface area contributed by atoms with Crippen molar-refractivity contribution in [1.29, 1.82) is 0 Å². The normalized spacial score (nSPS) is 11.8. The molecule has 23 heavy (non-hydrogen) atoms. The second kappa shape index (κ2) is 7.75. The molecular weight excluding hydrogens is 343 g/mol. The summed E-state index contributed by atoms with van der Waals surface area (Å²) >= 11 is 4.08. The summed E-state index contributed by atoms with van der Waals surface area (Å²) in [5.74, 6) is 0. The molecule has 0 aliphatic carbocycles. The molecule has 0 spiro atoms. The number of hydrogen-bond donors (Lipinski definition) is 1. The SMILES string of the molecule is Cc1cccc(-n2nc(Cl)cc2-c2ccc(S(=O)O)cc2)c1.[NaH]. The van der Waals surface area contributed by atoms with Gasteiger partial charge in [0.1, 0.15) is 0 Å². The first kappa shape index (κ1) is 18.4. The molecule has 0 fully saturated rings. The van der Waals surface area contributed by atoms with Crippen molar-refractivity contribution in [3.63, 3.8) is 0 Å². The molecule has 3 aromatic rings. The average molecular weight is 357 g/mol. The molecule has 0 saturated heterocycles. The molecule has 0 aliphatic heterocycles. The third-order valence-corrected chi connectivity index (χ3v) is 4.14. The van der Waals surface area contributed by atoms with E-state index in [1.807, 2.05) is 31.2 Å². The van der Waals surface area contributed by atoms with E-state index in [-0.39, 0.29) is 29.6 Å². The van der Waals surface area contributed by atoms with Crippen LogP contribution >= 0.6 is 11.6 Å². The minimum atomic E-state index is -1.98. The molecule has 0 saturated carbocycles. The van der Waals surface area contributed by atoms with Crippen LogP contribution in [0.5, 0.6) is 0 Å². The Balaban J connectivity index is 0.00000192. The number of aromatic nitrogens is 2. The summed E-state index contributed by atoms with van der Waals surface area (Å²) < 4.78 is 21.9.